The van der Waals surface area contributed by atoms with Crippen LogP contribution in [0.4, 0.5) is 11.4 Å². The summed E-state index contributed by atoms with van der Waals surface area (Å²) in [5, 5.41) is 6.75. The highest BCUT2D eigenvalue weighted by Crippen LogP contribution is 2.24. The zero-order valence-corrected chi connectivity index (χ0v) is 23.4. The first kappa shape index (κ1) is 29.4. The number of ketones is 2. The quantitative estimate of drug-likeness (QED) is 0.445. The van der Waals surface area contributed by atoms with Gasteiger partial charge in [0.15, 0.2) is 11.6 Å². The van der Waals surface area contributed by atoms with Crippen molar-refractivity contribution in [1.82, 2.24) is 0 Å². The largest absolute Gasteiger partial charge is 0.380 e. The first-order valence-electron chi connectivity index (χ1n) is 12.1. The van der Waals surface area contributed by atoms with Crippen LogP contribution in [0.3, 0.4) is 0 Å². The van der Waals surface area contributed by atoms with Crippen LogP contribution in [0.2, 0.25) is 0 Å². The van der Waals surface area contributed by atoms with E-state index in [0.717, 1.165) is 22.5 Å². The van der Waals surface area contributed by atoms with Gasteiger partial charge >= 0.3 is 0 Å². The van der Waals surface area contributed by atoms with Crippen LogP contribution in [0.1, 0.15) is 104 Å². The molecule has 0 fully saturated rings. The minimum atomic E-state index is -0.333. The zero-order chi connectivity index (χ0) is 26.5. The van der Waals surface area contributed by atoms with E-state index >= 15 is 0 Å². The number of hydrogen-bond acceptors (Lipinski definition) is 4. The molecule has 188 valence electrons. The fraction of sp³-hybridized carbons (Fsp3) is 0.533. The SMILES string of the molecule is CC(C)(C)Nc1ccc(C(=O)C(C)(C)C)cc1.CC(C)(C)Nc1cccc(C(=O)C(C)(C)C)c1. The molecule has 0 spiro atoms. The molecular formula is C30H46N2O2. The molecule has 0 aliphatic heterocycles. The molecule has 0 saturated carbocycles. The lowest BCUT2D eigenvalue weighted by Crippen LogP contribution is -2.26. The highest BCUT2D eigenvalue weighted by molar-refractivity contribution is 6.00. The van der Waals surface area contributed by atoms with E-state index in [2.05, 4.69) is 52.2 Å². The van der Waals surface area contributed by atoms with Crippen LogP contribution in [0.5, 0.6) is 0 Å². The number of benzene rings is 2. The Morgan fingerprint density at radius 2 is 0.941 bits per heavy atom. The topological polar surface area (TPSA) is 58.2 Å². The van der Waals surface area contributed by atoms with Gasteiger partial charge in [-0.05, 0) is 77.9 Å². The Bertz CT molecular complexity index is 961. The Labute approximate surface area is 207 Å². The van der Waals surface area contributed by atoms with Crippen molar-refractivity contribution in [3.63, 3.8) is 0 Å². The molecule has 34 heavy (non-hydrogen) atoms. The molecule has 0 aliphatic carbocycles. The summed E-state index contributed by atoms with van der Waals surface area (Å²) >= 11 is 0. The number of carbonyl (C=O) groups is 2. The smallest absolute Gasteiger partial charge is 0.168 e. The van der Waals surface area contributed by atoms with E-state index in [0.29, 0.717) is 0 Å². The summed E-state index contributed by atoms with van der Waals surface area (Å²) in [6.45, 7) is 24.3. The highest BCUT2D eigenvalue weighted by atomic mass is 16.1. The van der Waals surface area contributed by atoms with Crippen molar-refractivity contribution in [3.05, 3.63) is 59.7 Å². The van der Waals surface area contributed by atoms with Gasteiger partial charge in [0.2, 0.25) is 0 Å². The third-order valence-electron chi connectivity index (χ3n) is 4.67. The minimum absolute atomic E-state index is 0.00338. The highest BCUT2D eigenvalue weighted by Gasteiger charge is 2.24. The second kappa shape index (κ2) is 10.8. The van der Waals surface area contributed by atoms with Gasteiger partial charge in [0.1, 0.15) is 0 Å². The van der Waals surface area contributed by atoms with Crippen LogP contribution >= 0.6 is 0 Å². The maximum atomic E-state index is 12.2. The van der Waals surface area contributed by atoms with Crippen LogP contribution in [0, 0.1) is 10.8 Å². The van der Waals surface area contributed by atoms with E-state index < -0.39 is 0 Å². The van der Waals surface area contributed by atoms with E-state index in [1.165, 1.54) is 0 Å². The number of rotatable bonds is 4. The van der Waals surface area contributed by atoms with Crippen molar-refractivity contribution in [3.8, 4) is 0 Å². The predicted molar refractivity (Wildman–Crippen MR) is 147 cm³/mol. The van der Waals surface area contributed by atoms with Crippen molar-refractivity contribution >= 4 is 22.9 Å². The Balaban J connectivity index is 0.000000340. The van der Waals surface area contributed by atoms with Crippen molar-refractivity contribution < 1.29 is 9.59 Å². The van der Waals surface area contributed by atoms with Crippen molar-refractivity contribution in [1.29, 1.82) is 0 Å². The van der Waals surface area contributed by atoms with Gasteiger partial charge in [-0.15, -0.1) is 0 Å². The van der Waals surface area contributed by atoms with Crippen molar-refractivity contribution in [2.24, 2.45) is 10.8 Å². The molecule has 0 amide bonds. The summed E-state index contributed by atoms with van der Waals surface area (Å²) in [4.78, 5) is 24.2. The summed E-state index contributed by atoms with van der Waals surface area (Å²) in [5.41, 5.74) is 2.97. The molecule has 0 aromatic heterocycles. The van der Waals surface area contributed by atoms with Crippen LogP contribution in [0.15, 0.2) is 48.5 Å². The van der Waals surface area contributed by atoms with Gasteiger partial charge in [-0.3, -0.25) is 9.59 Å². The standard InChI is InChI=1S/2C15H23NO/c1-14(2,3)13(17)11-7-9-12(10-8-11)16-15(4,5)6;1-14(2,3)13(17)11-8-7-9-12(10-11)16-15(4,5)6/h2*7-10,16H,1-6H3. The Morgan fingerprint density at radius 1 is 0.529 bits per heavy atom. The van der Waals surface area contributed by atoms with Gasteiger partial charge in [0.25, 0.3) is 0 Å². The lowest BCUT2D eigenvalue weighted by Gasteiger charge is -2.23. The Kier molecular flexibility index (Phi) is 9.30. The number of anilines is 2. The summed E-state index contributed by atoms with van der Waals surface area (Å²) in [6, 6.07) is 15.4. The van der Waals surface area contributed by atoms with Crippen molar-refractivity contribution in [2.45, 2.75) is 94.2 Å². The molecule has 2 N–H and O–H groups in total. The van der Waals surface area contributed by atoms with E-state index in [-0.39, 0.29) is 33.5 Å². The summed E-state index contributed by atoms with van der Waals surface area (Å²) < 4.78 is 0. The molecule has 2 aromatic carbocycles. The molecule has 0 aliphatic rings. The Morgan fingerprint density at radius 3 is 1.35 bits per heavy atom. The molecule has 4 nitrogen and oxygen atoms in total. The van der Waals surface area contributed by atoms with Gasteiger partial charge in [-0.1, -0.05) is 53.7 Å². The van der Waals surface area contributed by atoms with Gasteiger partial charge in [-0.25, -0.2) is 0 Å². The fourth-order valence-electron chi connectivity index (χ4n) is 3.18. The average Bonchev–Trinajstić information content (AvgIpc) is 2.64. The molecular weight excluding hydrogens is 420 g/mol. The molecule has 0 unspecified atom stereocenters. The van der Waals surface area contributed by atoms with E-state index in [9.17, 15) is 9.59 Å². The maximum Gasteiger partial charge on any atom is 0.168 e. The van der Waals surface area contributed by atoms with Gasteiger partial charge in [0.05, 0.1) is 0 Å². The first-order chi connectivity index (χ1) is 15.2. The van der Waals surface area contributed by atoms with Gasteiger partial charge in [0, 0.05) is 44.4 Å². The van der Waals surface area contributed by atoms with E-state index in [4.69, 9.17) is 0 Å². The summed E-state index contributed by atoms with van der Waals surface area (Å²) in [5.74, 6) is 0.356. The third-order valence-corrected chi connectivity index (χ3v) is 4.67. The summed E-state index contributed by atoms with van der Waals surface area (Å²) in [6.07, 6.45) is 0. The third kappa shape index (κ3) is 10.5. The fourth-order valence-corrected chi connectivity index (χ4v) is 3.18. The number of Topliss-reactive ketones (excluding diaryl/α,β-unsaturated/α-hetero) is 2. The molecule has 0 heterocycles. The van der Waals surface area contributed by atoms with Crippen molar-refractivity contribution in [2.75, 3.05) is 10.6 Å². The van der Waals surface area contributed by atoms with E-state index in [1.54, 1.807) is 0 Å². The normalized spacial score (nSPS) is 12.4. The van der Waals surface area contributed by atoms with E-state index in [1.807, 2.05) is 90.1 Å². The number of carbonyl (C=O) groups excluding carboxylic acids is 2. The average molecular weight is 467 g/mol. The number of nitrogens with one attached hydrogen (secondary N) is 2. The van der Waals surface area contributed by atoms with Crippen LogP contribution in [0.25, 0.3) is 0 Å². The zero-order valence-electron chi connectivity index (χ0n) is 23.4. The van der Waals surface area contributed by atoms with Crippen LogP contribution < -0.4 is 10.6 Å². The van der Waals surface area contributed by atoms with Gasteiger partial charge in [-0.2, -0.15) is 0 Å². The molecule has 0 radical (unpaired) electrons. The van der Waals surface area contributed by atoms with Crippen LogP contribution in [-0.4, -0.2) is 22.6 Å². The lowest BCUT2D eigenvalue weighted by atomic mass is 9.86. The van der Waals surface area contributed by atoms with Gasteiger partial charge < -0.3 is 10.6 Å². The molecule has 2 aromatic rings. The maximum absolute atomic E-state index is 12.2. The lowest BCUT2D eigenvalue weighted by molar-refractivity contribution is 0.0852. The second-order valence-electron chi connectivity index (χ2n) is 13.1. The molecule has 2 rings (SSSR count). The predicted octanol–water partition coefficient (Wildman–Crippen LogP) is 8.25. The van der Waals surface area contributed by atoms with Crippen LogP contribution in [-0.2, 0) is 0 Å². The summed E-state index contributed by atoms with van der Waals surface area (Å²) in [7, 11) is 0. The molecule has 0 saturated heterocycles. The number of hydrogen-bond donors (Lipinski definition) is 2. The molecule has 0 atom stereocenters. The second-order valence-corrected chi connectivity index (χ2v) is 13.1. The first-order valence-corrected chi connectivity index (χ1v) is 12.1. The Hall–Kier alpha value is -2.62. The molecule has 4 heteroatoms. The monoisotopic (exact) mass is 466 g/mol. The minimum Gasteiger partial charge on any atom is -0.380 e. The molecule has 0 bridgehead atoms.